The average molecular weight is 280 g/mol. The van der Waals surface area contributed by atoms with Crippen LogP contribution in [-0.2, 0) is 14.3 Å². The van der Waals surface area contributed by atoms with Gasteiger partial charge in [0.2, 0.25) is 0 Å². The highest BCUT2D eigenvalue weighted by Crippen LogP contribution is 2.48. The lowest BCUT2D eigenvalue weighted by molar-refractivity contribution is -0.154. The number of ketones is 1. The summed E-state index contributed by atoms with van der Waals surface area (Å²) in [5, 5.41) is 0. The number of carbonyl (C=O) groups excluding carboxylic acids is 2. The maximum absolute atomic E-state index is 12.2. The minimum Gasteiger partial charge on any atom is -0.465 e. The molecule has 0 N–H and O–H groups in total. The van der Waals surface area contributed by atoms with Gasteiger partial charge in [-0.1, -0.05) is 13.3 Å². The summed E-state index contributed by atoms with van der Waals surface area (Å²) in [5.41, 5.74) is -0.408. The van der Waals surface area contributed by atoms with Crippen molar-refractivity contribution < 1.29 is 14.3 Å². The Hall–Kier alpha value is -0.860. The fourth-order valence-electron chi connectivity index (χ4n) is 3.58. The van der Waals surface area contributed by atoms with Gasteiger partial charge in [0.1, 0.15) is 5.78 Å². The van der Waals surface area contributed by atoms with Gasteiger partial charge in [-0.25, -0.2) is 0 Å². The van der Waals surface area contributed by atoms with Crippen molar-refractivity contribution in [2.24, 2.45) is 23.2 Å². The Labute approximate surface area is 122 Å². The molecule has 3 nitrogen and oxygen atoms in total. The van der Waals surface area contributed by atoms with Gasteiger partial charge in [0.05, 0.1) is 12.0 Å². The molecule has 0 aliphatic heterocycles. The molecule has 2 aliphatic carbocycles. The van der Waals surface area contributed by atoms with Crippen molar-refractivity contribution >= 4 is 11.8 Å². The Bertz CT molecular complexity index is 372. The van der Waals surface area contributed by atoms with E-state index < -0.39 is 5.41 Å². The molecule has 114 valence electrons. The highest BCUT2D eigenvalue weighted by atomic mass is 16.5. The Morgan fingerprint density at radius 1 is 1.20 bits per heavy atom. The lowest BCUT2D eigenvalue weighted by atomic mass is 9.84. The number of ether oxygens (including phenoxy) is 1. The zero-order valence-electron chi connectivity index (χ0n) is 13.1. The van der Waals surface area contributed by atoms with Gasteiger partial charge in [0.25, 0.3) is 0 Å². The van der Waals surface area contributed by atoms with E-state index in [1.165, 1.54) is 19.3 Å². The molecule has 0 aromatic heterocycles. The van der Waals surface area contributed by atoms with E-state index in [9.17, 15) is 9.59 Å². The molecule has 0 aromatic rings. The van der Waals surface area contributed by atoms with Crippen LogP contribution in [-0.4, -0.2) is 18.4 Å². The lowest BCUT2D eigenvalue weighted by Gasteiger charge is -2.21. The van der Waals surface area contributed by atoms with Crippen LogP contribution < -0.4 is 0 Å². The van der Waals surface area contributed by atoms with Crippen LogP contribution in [0.5, 0.6) is 0 Å². The zero-order valence-corrected chi connectivity index (χ0v) is 13.1. The Morgan fingerprint density at radius 3 is 2.50 bits per heavy atom. The van der Waals surface area contributed by atoms with Crippen LogP contribution in [0.3, 0.4) is 0 Å². The molecule has 20 heavy (non-hydrogen) atoms. The van der Waals surface area contributed by atoms with E-state index >= 15 is 0 Å². The topological polar surface area (TPSA) is 43.4 Å². The maximum atomic E-state index is 12.2. The zero-order chi connectivity index (χ0) is 14.8. The quantitative estimate of drug-likeness (QED) is 0.527. The van der Waals surface area contributed by atoms with Crippen LogP contribution in [0, 0.1) is 23.2 Å². The smallest absolute Gasteiger partial charge is 0.311 e. The molecule has 2 bridgehead atoms. The monoisotopic (exact) mass is 280 g/mol. The number of Topliss-reactive ketones (excluding diaryl/α,β-unsaturated/α-hetero) is 1. The van der Waals surface area contributed by atoms with E-state index in [0.29, 0.717) is 37.1 Å². The predicted molar refractivity (Wildman–Crippen MR) is 78.2 cm³/mol. The summed E-state index contributed by atoms with van der Waals surface area (Å²) < 4.78 is 5.28. The van der Waals surface area contributed by atoms with Crippen LogP contribution in [0.4, 0.5) is 0 Å². The van der Waals surface area contributed by atoms with Gasteiger partial charge >= 0.3 is 5.97 Å². The molecule has 3 atom stereocenters. The van der Waals surface area contributed by atoms with Crippen LogP contribution in [0.2, 0.25) is 0 Å². The molecular weight excluding hydrogens is 252 g/mol. The summed E-state index contributed by atoms with van der Waals surface area (Å²) in [6.07, 6.45) is 7.00. The minimum absolute atomic E-state index is 0.146. The number of fused-ring (bicyclic) bond motifs is 2. The van der Waals surface area contributed by atoms with Gasteiger partial charge in [-0.05, 0) is 57.8 Å². The van der Waals surface area contributed by atoms with E-state index in [2.05, 4.69) is 0 Å². The molecule has 2 fully saturated rings. The van der Waals surface area contributed by atoms with Crippen molar-refractivity contribution in [3.8, 4) is 0 Å². The third-order valence-electron chi connectivity index (χ3n) is 5.39. The van der Waals surface area contributed by atoms with Gasteiger partial charge in [-0.2, -0.15) is 0 Å². The van der Waals surface area contributed by atoms with Crippen molar-refractivity contribution in [1.29, 1.82) is 0 Å². The maximum Gasteiger partial charge on any atom is 0.311 e. The van der Waals surface area contributed by atoms with Crippen LogP contribution in [0.25, 0.3) is 0 Å². The predicted octanol–water partition coefficient (Wildman–Crippen LogP) is 3.75. The van der Waals surface area contributed by atoms with Crippen molar-refractivity contribution in [2.75, 3.05) is 6.61 Å². The fraction of sp³-hybridized carbons (Fsp3) is 0.882. The highest BCUT2D eigenvalue weighted by molar-refractivity contribution is 5.81. The van der Waals surface area contributed by atoms with Gasteiger partial charge in [-0.3, -0.25) is 9.59 Å². The molecule has 2 saturated carbocycles. The molecule has 0 amide bonds. The average Bonchev–Trinajstić information content (AvgIpc) is 3.05. The molecule has 3 unspecified atom stereocenters. The van der Waals surface area contributed by atoms with E-state index in [0.717, 1.165) is 18.8 Å². The Kier molecular flexibility index (Phi) is 4.87. The molecule has 0 radical (unpaired) electrons. The molecule has 0 spiro atoms. The summed E-state index contributed by atoms with van der Waals surface area (Å²) in [7, 11) is 0. The highest BCUT2D eigenvalue weighted by Gasteiger charge is 2.42. The second kappa shape index (κ2) is 6.28. The SMILES string of the molecule is CCC(C)(C)C(=O)OCCCC(=O)C1CC2CCC1C2. The number of hydrogen-bond donors (Lipinski definition) is 0. The van der Waals surface area contributed by atoms with E-state index in [1.54, 1.807) is 0 Å². The van der Waals surface area contributed by atoms with Crippen molar-refractivity contribution in [2.45, 2.75) is 65.7 Å². The van der Waals surface area contributed by atoms with E-state index in [4.69, 9.17) is 4.74 Å². The lowest BCUT2D eigenvalue weighted by Crippen LogP contribution is -2.26. The minimum atomic E-state index is -0.408. The van der Waals surface area contributed by atoms with Crippen LogP contribution >= 0.6 is 0 Å². The Morgan fingerprint density at radius 2 is 1.95 bits per heavy atom. The molecule has 2 rings (SSSR count). The third-order valence-corrected chi connectivity index (χ3v) is 5.39. The summed E-state index contributed by atoms with van der Waals surface area (Å²) in [6.45, 7) is 6.17. The van der Waals surface area contributed by atoms with Crippen molar-refractivity contribution in [3.05, 3.63) is 0 Å². The van der Waals surface area contributed by atoms with Gasteiger partial charge in [-0.15, -0.1) is 0 Å². The second-order valence-electron chi connectivity index (χ2n) is 7.22. The molecular formula is C17H28O3. The summed E-state index contributed by atoms with van der Waals surface area (Å²) in [5.74, 6) is 2.05. The number of hydrogen-bond acceptors (Lipinski definition) is 3. The second-order valence-corrected chi connectivity index (χ2v) is 7.22. The van der Waals surface area contributed by atoms with Crippen molar-refractivity contribution in [1.82, 2.24) is 0 Å². The largest absolute Gasteiger partial charge is 0.465 e. The van der Waals surface area contributed by atoms with E-state index in [-0.39, 0.29) is 5.97 Å². The third kappa shape index (κ3) is 3.42. The Balaban J connectivity index is 1.64. The normalized spacial score (nSPS) is 28.6. The van der Waals surface area contributed by atoms with Gasteiger partial charge < -0.3 is 4.74 Å². The van der Waals surface area contributed by atoms with Crippen molar-refractivity contribution in [3.63, 3.8) is 0 Å². The van der Waals surface area contributed by atoms with Crippen LogP contribution in [0.15, 0.2) is 0 Å². The summed E-state index contributed by atoms with van der Waals surface area (Å²) in [4.78, 5) is 24.0. The molecule has 3 heteroatoms. The number of carbonyl (C=O) groups is 2. The number of esters is 1. The first-order valence-electron chi connectivity index (χ1n) is 8.14. The molecule has 2 aliphatic rings. The first kappa shape index (κ1) is 15.5. The molecule has 0 saturated heterocycles. The first-order valence-corrected chi connectivity index (χ1v) is 8.14. The van der Waals surface area contributed by atoms with Gasteiger partial charge in [0.15, 0.2) is 0 Å². The van der Waals surface area contributed by atoms with Crippen LogP contribution in [0.1, 0.15) is 65.7 Å². The van der Waals surface area contributed by atoms with Gasteiger partial charge in [0, 0.05) is 12.3 Å². The standard InChI is InChI=1S/C17H28O3/c1-4-17(2,3)16(19)20-9-5-6-15(18)14-11-12-7-8-13(14)10-12/h12-14H,4-11H2,1-3H3. The number of rotatable bonds is 7. The molecule has 0 heterocycles. The fourth-order valence-corrected chi connectivity index (χ4v) is 3.58. The summed E-state index contributed by atoms with van der Waals surface area (Å²) in [6, 6.07) is 0. The van der Waals surface area contributed by atoms with E-state index in [1.807, 2.05) is 20.8 Å². The summed E-state index contributed by atoms with van der Waals surface area (Å²) >= 11 is 0. The first-order chi connectivity index (χ1) is 9.44. The molecule has 0 aromatic carbocycles.